The number of amides is 1. The average Bonchev–Trinajstić information content (AvgIpc) is 2.38. The molecule has 0 aromatic rings. The topological polar surface area (TPSA) is 67.6 Å². The summed E-state index contributed by atoms with van der Waals surface area (Å²) < 4.78 is 5.63. The first-order chi connectivity index (χ1) is 8.71. The van der Waals surface area contributed by atoms with Crippen LogP contribution in [0.3, 0.4) is 0 Å². The third-order valence-corrected chi connectivity index (χ3v) is 3.46. The fraction of sp³-hybridized carbons (Fsp3) is 0.923. The first-order valence-corrected chi connectivity index (χ1v) is 7.03. The zero-order valence-electron chi connectivity index (χ0n) is 11.7. The molecule has 1 saturated heterocycles. The van der Waals surface area contributed by atoms with Gasteiger partial charge in [0.1, 0.15) is 0 Å². The van der Waals surface area contributed by atoms with Crippen molar-refractivity contribution >= 4 is 5.91 Å². The standard InChI is InChI=1S/C13H27N3O2/c1-3-15-13(17)9-11(10-14)16-7-5-12(6-8-16)18-4-2/h11-12H,3-10,14H2,1-2H3,(H,15,17). The highest BCUT2D eigenvalue weighted by molar-refractivity contribution is 5.76. The fourth-order valence-electron chi connectivity index (χ4n) is 2.49. The zero-order valence-corrected chi connectivity index (χ0v) is 11.7. The molecule has 0 aromatic carbocycles. The second kappa shape index (κ2) is 8.45. The molecule has 1 aliphatic heterocycles. The summed E-state index contributed by atoms with van der Waals surface area (Å²) in [7, 11) is 0. The van der Waals surface area contributed by atoms with Gasteiger partial charge in [-0.05, 0) is 26.7 Å². The molecule has 0 aliphatic carbocycles. The first-order valence-electron chi connectivity index (χ1n) is 7.03. The smallest absolute Gasteiger partial charge is 0.221 e. The van der Waals surface area contributed by atoms with Gasteiger partial charge in [0.25, 0.3) is 0 Å². The monoisotopic (exact) mass is 257 g/mol. The van der Waals surface area contributed by atoms with Crippen molar-refractivity contribution in [3.63, 3.8) is 0 Å². The molecular formula is C13H27N3O2. The van der Waals surface area contributed by atoms with Crippen molar-refractivity contribution in [2.24, 2.45) is 5.73 Å². The lowest BCUT2D eigenvalue weighted by molar-refractivity contribution is -0.122. The molecule has 5 heteroatoms. The summed E-state index contributed by atoms with van der Waals surface area (Å²) >= 11 is 0. The minimum atomic E-state index is 0.0971. The number of hydrogen-bond acceptors (Lipinski definition) is 4. The van der Waals surface area contributed by atoms with Gasteiger partial charge in [0.15, 0.2) is 0 Å². The van der Waals surface area contributed by atoms with E-state index in [0.717, 1.165) is 32.5 Å². The van der Waals surface area contributed by atoms with E-state index < -0.39 is 0 Å². The van der Waals surface area contributed by atoms with Crippen LogP contribution in [0.15, 0.2) is 0 Å². The van der Waals surface area contributed by atoms with Crippen molar-refractivity contribution in [1.29, 1.82) is 0 Å². The van der Waals surface area contributed by atoms with Crippen LogP contribution >= 0.6 is 0 Å². The highest BCUT2D eigenvalue weighted by atomic mass is 16.5. The van der Waals surface area contributed by atoms with Crippen LogP contribution < -0.4 is 11.1 Å². The van der Waals surface area contributed by atoms with Crippen LogP contribution in [0.2, 0.25) is 0 Å². The Morgan fingerprint density at radius 3 is 2.61 bits per heavy atom. The predicted octanol–water partition coefficient (Wildman–Crippen LogP) is 0.341. The van der Waals surface area contributed by atoms with E-state index in [1.165, 1.54) is 0 Å². The van der Waals surface area contributed by atoms with Gasteiger partial charge in [-0.15, -0.1) is 0 Å². The number of nitrogens with one attached hydrogen (secondary N) is 1. The molecule has 1 fully saturated rings. The summed E-state index contributed by atoms with van der Waals surface area (Å²) in [5.74, 6) is 0.0971. The SMILES string of the molecule is CCNC(=O)CC(CN)N1CCC(OCC)CC1. The largest absolute Gasteiger partial charge is 0.378 e. The van der Waals surface area contributed by atoms with Gasteiger partial charge in [0, 0.05) is 45.2 Å². The molecule has 0 aromatic heterocycles. The molecule has 1 rings (SSSR count). The number of carbonyl (C=O) groups is 1. The van der Waals surface area contributed by atoms with Gasteiger partial charge < -0.3 is 15.8 Å². The van der Waals surface area contributed by atoms with Crippen LogP contribution in [-0.2, 0) is 9.53 Å². The van der Waals surface area contributed by atoms with Crippen molar-refractivity contribution in [1.82, 2.24) is 10.2 Å². The summed E-state index contributed by atoms with van der Waals surface area (Å²) in [6.07, 6.45) is 2.97. The van der Waals surface area contributed by atoms with Crippen molar-refractivity contribution in [3.05, 3.63) is 0 Å². The van der Waals surface area contributed by atoms with E-state index in [0.29, 0.717) is 25.6 Å². The number of nitrogens with zero attached hydrogens (tertiary/aromatic N) is 1. The maximum Gasteiger partial charge on any atom is 0.221 e. The summed E-state index contributed by atoms with van der Waals surface area (Å²) in [5, 5.41) is 2.83. The van der Waals surface area contributed by atoms with Crippen molar-refractivity contribution < 1.29 is 9.53 Å². The molecule has 1 atom stereocenters. The number of nitrogens with two attached hydrogens (primary N) is 1. The van der Waals surface area contributed by atoms with E-state index in [4.69, 9.17) is 10.5 Å². The molecule has 0 spiro atoms. The summed E-state index contributed by atoms with van der Waals surface area (Å²) in [4.78, 5) is 13.9. The summed E-state index contributed by atoms with van der Waals surface area (Å²) in [6.45, 7) is 7.92. The van der Waals surface area contributed by atoms with Crippen LogP contribution in [0.1, 0.15) is 33.1 Å². The van der Waals surface area contributed by atoms with Gasteiger partial charge >= 0.3 is 0 Å². The molecule has 5 nitrogen and oxygen atoms in total. The summed E-state index contributed by atoms with van der Waals surface area (Å²) in [6, 6.07) is 0.166. The Morgan fingerprint density at radius 1 is 1.44 bits per heavy atom. The number of rotatable bonds is 7. The Hall–Kier alpha value is -0.650. The molecule has 0 saturated carbocycles. The van der Waals surface area contributed by atoms with Crippen molar-refractivity contribution in [3.8, 4) is 0 Å². The molecule has 1 heterocycles. The Labute approximate surface area is 110 Å². The van der Waals surface area contributed by atoms with Gasteiger partial charge in [-0.2, -0.15) is 0 Å². The normalized spacial score (nSPS) is 19.7. The van der Waals surface area contributed by atoms with Gasteiger partial charge in [0.2, 0.25) is 5.91 Å². The Balaban J connectivity index is 2.35. The van der Waals surface area contributed by atoms with Gasteiger partial charge in [-0.1, -0.05) is 0 Å². The van der Waals surface area contributed by atoms with Crippen LogP contribution in [0.25, 0.3) is 0 Å². The second-order valence-corrected chi connectivity index (χ2v) is 4.74. The van der Waals surface area contributed by atoms with Crippen molar-refractivity contribution in [2.45, 2.75) is 45.3 Å². The molecule has 1 aliphatic rings. The summed E-state index contributed by atoms with van der Waals surface area (Å²) in [5.41, 5.74) is 5.79. The third kappa shape index (κ3) is 4.92. The fourth-order valence-corrected chi connectivity index (χ4v) is 2.49. The van der Waals surface area contributed by atoms with Crippen LogP contribution in [-0.4, -0.2) is 55.7 Å². The zero-order chi connectivity index (χ0) is 13.4. The predicted molar refractivity (Wildman–Crippen MR) is 72.4 cm³/mol. The number of hydrogen-bond donors (Lipinski definition) is 2. The minimum Gasteiger partial charge on any atom is -0.378 e. The van der Waals surface area contributed by atoms with E-state index in [9.17, 15) is 4.79 Å². The highest BCUT2D eigenvalue weighted by Crippen LogP contribution is 2.17. The molecule has 106 valence electrons. The van der Waals surface area contributed by atoms with Crippen LogP contribution in [0, 0.1) is 0 Å². The maximum absolute atomic E-state index is 11.6. The lowest BCUT2D eigenvalue weighted by atomic mass is 10.0. The third-order valence-electron chi connectivity index (χ3n) is 3.46. The van der Waals surface area contributed by atoms with Crippen molar-refractivity contribution in [2.75, 3.05) is 32.8 Å². The Bertz CT molecular complexity index is 240. The van der Waals surface area contributed by atoms with E-state index in [-0.39, 0.29) is 11.9 Å². The average molecular weight is 257 g/mol. The van der Waals surface area contributed by atoms with E-state index in [1.54, 1.807) is 0 Å². The van der Waals surface area contributed by atoms with E-state index >= 15 is 0 Å². The number of piperidine rings is 1. The Kier molecular flexibility index (Phi) is 7.23. The number of carbonyl (C=O) groups excluding carboxylic acids is 1. The number of likely N-dealkylation sites (tertiary alicyclic amines) is 1. The lowest BCUT2D eigenvalue weighted by Crippen LogP contribution is -2.48. The van der Waals surface area contributed by atoms with E-state index in [2.05, 4.69) is 10.2 Å². The van der Waals surface area contributed by atoms with Gasteiger partial charge in [-0.25, -0.2) is 0 Å². The second-order valence-electron chi connectivity index (χ2n) is 4.74. The van der Waals surface area contributed by atoms with Crippen LogP contribution in [0.5, 0.6) is 0 Å². The van der Waals surface area contributed by atoms with Gasteiger partial charge in [-0.3, -0.25) is 9.69 Å². The molecule has 18 heavy (non-hydrogen) atoms. The molecule has 0 radical (unpaired) electrons. The Morgan fingerprint density at radius 2 is 2.11 bits per heavy atom. The lowest BCUT2D eigenvalue weighted by Gasteiger charge is -2.36. The highest BCUT2D eigenvalue weighted by Gasteiger charge is 2.25. The van der Waals surface area contributed by atoms with E-state index in [1.807, 2.05) is 13.8 Å². The minimum absolute atomic E-state index is 0.0971. The molecule has 3 N–H and O–H groups in total. The number of ether oxygens (including phenoxy) is 1. The maximum atomic E-state index is 11.6. The molecule has 0 bridgehead atoms. The first kappa shape index (κ1) is 15.4. The van der Waals surface area contributed by atoms with Crippen LogP contribution in [0.4, 0.5) is 0 Å². The quantitative estimate of drug-likeness (QED) is 0.690. The molecular weight excluding hydrogens is 230 g/mol. The molecule has 1 unspecified atom stereocenters. The molecule has 1 amide bonds. The van der Waals surface area contributed by atoms with Gasteiger partial charge in [0.05, 0.1) is 6.10 Å².